The number of nitrogens with one attached hydrogen (secondary N) is 2. The van der Waals surface area contributed by atoms with E-state index < -0.39 is 5.97 Å². The van der Waals surface area contributed by atoms with Crippen LogP contribution in [0.5, 0.6) is 5.75 Å². The standard InChI is InChI=1S/C35H44N2O7/c1-34-15-13-26-24(9-12-30-35(26,2)16-14-31(38)37-30)25(34)10-11-27(34)33(41)36-28-7-3-6-23-22(28)5-4-8-29(23)44-20-19-42-17-18-43-21-32(39)40/h3-8,14,16,24-27,30H,9-13,15,17-21H2,1-2H3,(H,36,41)(H,37,38)(H,39,40)/t24-,25-,26-,27+,30+,34-,35+/m0/s1. The largest absolute Gasteiger partial charge is 0.491 e. The quantitative estimate of drug-likeness (QED) is 0.302. The SMILES string of the molecule is C[C@]12C=CC(=O)N[C@@H]1CC[C@@H]1[C@@H]2CC[C@]2(C)[C@@H](C(=O)Nc3cccc4c(OCCOCCOCC(=O)O)cccc34)CC[C@@H]12. The number of carbonyl (C=O) groups excluding carboxylic acids is 2. The second kappa shape index (κ2) is 12.5. The smallest absolute Gasteiger partial charge is 0.329 e. The molecule has 44 heavy (non-hydrogen) atoms. The number of carbonyl (C=O) groups is 3. The second-order valence-corrected chi connectivity index (χ2v) is 13.4. The average molecular weight is 605 g/mol. The molecule has 3 fully saturated rings. The van der Waals surface area contributed by atoms with Gasteiger partial charge in [-0.05, 0) is 79.9 Å². The topological polar surface area (TPSA) is 123 Å². The zero-order valence-corrected chi connectivity index (χ0v) is 25.7. The highest BCUT2D eigenvalue weighted by Crippen LogP contribution is 2.65. The normalized spacial score (nSPS) is 32.3. The maximum absolute atomic E-state index is 14.0. The molecular weight excluding hydrogens is 560 g/mol. The molecule has 7 atom stereocenters. The van der Waals surface area contributed by atoms with Crippen molar-refractivity contribution in [2.75, 3.05) is 38.4 Å². The van der Waals surface area contributed by atoms with Gasteiger partial charge in [0, 0.05) is 33.8 Å². The molecule has 0 radical (unpaired) electrons. The first-order valence-corrected chi connectivity index (χ1v) is 16.0. The molecule has 0 unspecified atom stereocenters. The molecule has 6 rings (SSSR count). The monoisotopic (exact) mass is 604 g/mol. The number of rotatable bonds is 11. The van der Waals surface area contributed by atoms with Gasteiger partial charge in [-0.25, -0.2) is 4.79 Å². The van der Waals surface area contributed by atoms with E-state index in [4.69, 9.17) is 19.3 Å². The highest BCUT2D eigenvalue weighted by molar-refractivity contribution is 6.04. The van der Waals surface area contributed by atoms with Crippen molar-refractivity contribution < 1.29 is 33.7 Å². The summed E-state index contributed by atoms with van der Waals surface area (Å²) in [7, 11) is 0. The molecule has 3 aliphatic carbocycles. The maximum Gasteiger partial charge on any atom is 0.329 e. The van der Waals surface area contributed by atoms with Gasteiger partial charge in [0.1, 0.15) is 19.0 Å². The van der Waals surface area contributed by atoms with Crippen LogP contribution in [0.4, 0.5) is 5.69 Å². The molecule has 0 spiro atoms. The summed E-state index contributed by atoms with van der Waals surface area (Å²) in [6.07, 6.45) is 10.1. The summed E-state index contributed by atoms with van der Waals surface area (Å²) in [5.41, 5.74) is 0.749. The Hall–Kier alpha value is -3.43. The van der Waals surface area contributed by atoms with Gasteiger partial charge >= 0.3 is 5.97 Å². The number of hydrogen-bond donors (Lipinski definition) is 3. The van der Waals surface area contributed by atoms with Gasteiger partial charge in [-0.2, -0.15) is 0 Å². The number of hydrogen-bond acceptors (Lipinski definition) is 6. The Kier molecular flexibility index (Phi) is 8.70. The number of amides is 2. The van der Waals surface area contributed by atoms with Crippen molar-refractivity contribution in [3.8, 4) is 5.75 Å². The maximum atomic E-state index is 14.0. The third-order valence-corrected chi connectivity index (χ3v) is 11.2. The molecule has 236 valence electrons. The summed E-state index contributed by atoms with van der Waals surface area (Å²) in [4.78, 5) is 36.6. The van der Waals surface area contributed by atoms with E-state index in [9.17, 15) is 14.4 Å². The number of fused-ring (bicyclic) bond motifs is 6. The molecule has 1 heterocycles. The van der Waals surface area contributed by atoms with Crippen LogP contribution < -0.4 is 15.4 Å². The Morgan fingerprint density at radius 3 is 2.55 bits per heavy atom. The van der Waals surface area contributed by atoms with Crippen LogP contribution in [0.3, 0.4) is 0 Å². The lowest BCUT2D eigenvalue weighted by atomic mass is 9.48. The number of anilines is 1. The van der Waals surface area contributed by atoms with E-state index in [1.165, 1.54) is 0 Å². The molecule has 4 aliphatic rings. The van der Waals surface area contributed by atoms with Crippen molar-refractivity contribution >= 4 is 34.2 Å². The molecule has 0 saturated heterocycles. The molecular formula is C35H44N2O7. The second-order valence-electron chi connectivity index (χ2n) is 13.4. The Labute approximate surface area is 258 Å². The minimum absolute atomic E-state index is 0.0102. The first-order chi connectivity index (χ1) is 21.2. The van der Waals surface area contributed by atoms with Gasteiger partial charge in [0.05, 0.1) is 19.8 Å². The van der Waals surface area contributed by atoms with Crippen molar-refractivity contribution in [2.24, 2.45) is 34.5 Å². The minimum atomic E-state index is -1.00. The summed E-state index contributed by atoms with van der Waals surface area (Å²) in [6.45, 7) is 5.53. The molecule has 3 N–H and O–H groups in total. The van der Waals surface area contributed by atoms with E-state index in [1.54, 1.807) is 6.08 Å². The number of carboxylic acids is 1. The summed E-state index contributed by atoms with van der Waals surface area (Å²) >= 11 is 0. The van der Waals surface area contributed by atoms with Gasteiger partial charge in [0.25, 0.3) is 0 Å². The predicted molar refractivity (Wildman–Crippen MR) is 166 cm³/mol. The third kappa shape index (κ3) is 5.72. The Bertz CT molecular complexity index is 1440. The van der Waals surface area contributed by atoms with Crippen molar-refractivity contribution in [3.63, 3.8) is 0 Å². The lowest BCUT2D eigenvalue weighted by Gasteiger charge is -2.58. The predicted octanol–water partition coefficient (Wildman–Crippen LogP) is 5.19. The van der Waals surface area contributed by atoms with E-state index in [0.29, 0.717) is 43.3 Å². The van der Waals surface area contributed by atoms with Crippen LogP contribution in [0, 0.1) is 34.5 Å². The lowest BCUT2D eigenvalue weighted by molar-refractivity contribution is -0.142. The van der Waals surface area contributed by atoms with E-state index >= 15 is 0 Å². The zero-order chi connectivity index (χ0) is 30.9. The molecule has 1 aliphatic heterocycles. The first-order valence-electron chi connectivity index (χ1n) is 16.0. The molecule has 9 nitrogen and oxygen atoms in total. The summed E-state index contributed by atoms with van der Waals surface area (Å²) in [5, 5.41) is 17.0. The third-order valence-electron chi connectivity index (χ3n) is 11.2. The lowest BCUT2D eigenvalue weighted by Crippen LogP contribution is -2.59. The number of benzene rings is 2. The van der Waals surface area contributed by atoms with Crippen LogP contribution in [-0.2, 0) is 23.9 Å². The summed E-state index contributed by atoms with van der Waals surface area (Å²) < 4.78 is 16.5. The Balaban J connectivity index is 1.10. The molecule has 0 bridgehead atoms. The van der Waals surface area contributed by atoms with E-state index in [1.807, 2.05) is 36.4 Å². The van der Waals surface area contributed by atoms with Gasteiger partial charge in [0.15, 0.2) is 0 Å². The molecule has 2 amide bonds. The van der Waals surface area contributed by atoms with Crippen molar-refractivity contribution in [1.29, 1.82) is 0 Å². The molecule has 2 aromatic carbocycles. The highest BCUT2D eigenvalue weighted by Gasteiger charge is 2.60. The molecule has 2 aromatic rings. The first kappa shape index (κ1) is 30.6. The van der Waals surface area contributed by atoms with Crippen LogP contribution in [-0.4, -0.2) is 62.0 Å². The van der Waals surface area contributed by atoms with E-state index in [2.05, 4.69) is 30.6 Å². The van der Waals surface area contributed by atoms with Gasteiger partial charge in [0.2, 0.25) is 11.8 Å². The fraction of sp³-hybridized carbons (Fsp3) is 0.571. The number of carboxylic acid groups (broad SMARTS) is 1. The Morgan fingerprint density at radius 2 is 1.70 bits per heavy atom. The molecule has 0 aromatic heterocycles. The minimum Gasteiger partial charge on any atom is -0.491 e. The number of ether oxygens (including phenoxy) is 3. The molecule has 9 heteroatoms. The van der Waals surface area contributed by atoms with Crippen LogP contribution >= 0.6 is 0 Å². The number of aliphatic carboxylic acids is 1. The highest BCUT2D eigenvalue weighted by atomic mass is 16.5. The van der Waals surface area contributed by atoms with Crippen molar-refractivity contribution in [1.82, 2.24) is 5.32 Å². The van der Waals surface area contributed by atoms with Crippen molar-refractivity contribution in [2.45, 2.75) is 58.4 Å². The van der Waals surface area contributed by atoms with Crippen LogP contribution in [0.1, 0.15) is 52.4 Å². The Morgan fingerprint density at radius 1 is 0.932 bits per heavy atom. The van der Waals surface area contributed by atoms with Crippen LogP contribution in [0.2, 0.25) is 0 Å². The summed E-state index contributed by atoms with van der Waals surface area (Å²) in [6, 6.07) is 12.0. The van der Waals surface area contributed by atoms with Gasteiger partial charge in [-0.3, -0.25) is 9.59 Å². The fourth-order valence-electron chi connectivity index (χ4n) is 9.09. The van der Waals surface area contributed by atoms with E-state index in [0.717, 1.165) is 55.0 Å². The van der Waals surface area contributed by atoms with Gasteiger partial charge in [-0.15, -0.1) is 0 Å². The van der Waals surface area contributed by atoms with Crippen LogP contribution in [0.25, 0.3) is 10.8 Å². The van der Waals surface area contributed by atoms with E-state index in [-0.39, 0.29) is 47.8 Å². The summed E-state index contributed by atoms with van der Waals surface area (Å²) in [5.74, 6) is 1.43. The fourth-order valence-corrected chi connectivity index (χ4v) is 9.09. The zero-order valence-electron chi connectivity index (χ0n) is 25.7. The van der Waals surface area contributed by atoms with Crippen LogP contribution in [0.15, 0.2) is 48.6 Å². The molecule has 3 saturated carbocycles. The van der Waals surface area contributed by atoms with Crippen molar-refractivity contribution in [3.05, 3.63) is 48.6 Å². The average Bonchev–Trinajstić information content (AvgIpc) is 3.36. The van der Waals surface area contributed by atoms with Gasteiger partial charge in [-0.1, -0.05) is 44.2 Å². The van der Waals surface area contributed by atoms with Gasteiger partial charge < -0.3 is 30.0 Å².